The SMILES string of the molecule is CCCC1(CCC)CN(c2ccc(Br)cc2C)C1. The van der Waals surface area contributed by atoms with E-state index in [1.54, 1.807) is 0 Å². The molecule has 0 aliphatic carbocycles. The van der Waals surface area contributed by atoms with Gasteiger partial charge in [-0.1, -0.05) is 42.6 Å². The molecule has 0 unspecified atom stereocenters. The quantitative estimate of drug-likeness (QED) is 0.725. The van der Waals surface area contributed by atoms with Crippen molar-refractivity contribution in [1.82, 2.24) is 0 Å². The Kier molecular flexibility index (Phi) is 4.37. The zero-order valence-corrected chi connectivity index (χ0v) is 13.4. The monoisotopic (exact) mass is 309 g/mol. The van der Waals surface area contributed by atoms with Crippen LogP contribution in [-0.4, -0.2) is 13.1 Å². The Balaban J connectivity index is 2.06. The molecule has 1 saturated heterocycles. The van der Waals surface area contributed by atoms with E-state index in [2.05, 4.69) is 59.8 Å². The van der Waals surface area contributed by atoms with Crippen LogP contribution in [0.3, 0.4) is 0 Å². The van der Waals surface area contributed by atoms with Gasteiger partial charge in [0.2, 0.25) is 0 Å². The summed E-state index contributed by atoms with van der Waals surface area (Å²) in [5, 5.41) is 0. The fourth-order valence-electron chi connectivity index (χ4n) is 3.41. The van der Waals surface area contributed by atoms with Gasteiger partial charge in [0, 0.05) is 28.7 Å². The molecule has 0 saturated carbocycles. The molecule has 18 heavy (non-hydrogen) atoms. The van der Waals surface area contributed by atoms with Crippen LogP contribution >= 0.6 is 15.9 Å². The third-order valence-electron chi connectivity index (χ3n) is 4.11. The van der Waals surface area contributed by atoms with E-state index in [0.29, 0.717) is 5.41 Å². The standard InChI is InChI=1S/C16H24BrN/c1-4-8-16(9-5-2)11-18(12-16)15-7-6-14(17)10-13(15)3/h6-7,10H,4-5,8-9,11-12H2,1-3H3. The van der Waals surface area contributed by atoms with Crippen LogP contribution in [0.4, 0.5) is 5.69 Å². The highest BCUT2D eigenvalue weighted by molar-refractivity contribution is 9.10. The molecule has 1 aliphatic heterocycles. The first-order valence-corrected chi connectivity index (χ1v) is 7.90. The Morgan fingerprint density at radius 2 is 1.78 bits per heavy atom. The van der Waals surface area contributed by atoms with Crippen molar-refractivity contribution in [2.75, 3.05) is 18.0 Å². The Hall–Kier alpha value is -0.500. The third-order valence-corrected chi connectivity index (χ3v) is 4.61. The second-order valence-corrected chi connectivity index (χ2v) is 6.70. The summed E-state index contributed by atoms with van der Waals surface area (Å²) in [5.41, 5.74) is 3.40. The summed E-state index contributed by atoms with van der Waals surface area (Å²) in [6.45, 7) is 9.32. The molecule has 1 nitrogen and oxygen atoms in total. The van der Waals surface area contributed by atoms with Gasteiger partial charge in [-0.2, -0.15) is 0 Å². The molecule has 0 bridgehead atoms. The number of benzene rings is 1. The van der Waals surface area contributed by atoms with Crippen molar-refractivity contribution in [2.45, 2.75) is 46.5 Å². The number of nitrogens with zero attached hydrogens (tertiary/aromatic N) is 1. The molecule has 1 aliphatic rings. The van der Waals surface area contributed by atoms with E-state index < -0.39 is 0 Å². The number of rotatable bonds is 5. The first-order chi connectivity index (χ1) is 8.60. The lowest BCUT2D eigenvalue weighted by atomic mass is 9.72. The molecular formula is C16H24BrN. The fraction of sp³-hybridized carbons (Fsp3) is 0.625. The summed E-state index contributed by atoms with van der Waals surface area (Å²) >= 11 is 3.54. The normalized spacial score (nSPS) is 17.7. The fourth-order valence-corrected chi connectivity index (χ4v) is 3.88. The summed E-state index contributed by atoms with van der Waals surface area (Å²) in [4.78, 5) is 2.55. The minimum absolute atomic E-state index is 0.600. The summed E-state index contributed by atoms with van der Waals surface area (Å²) in [5.74, 6) is 0. The molecule has 0 aromatic heterocycles. The van der Waals surface area contributed by atoms with Crippen LogP contribution < -0.4 is 4.90 Å². The maximum atomic E-state index is 3.54. The Bertz CT molecular complexity index is 400. The van der Waals surface area contributed by atoms with Crippen molar-refractivity contribution < 1.29 is 0 Å². The topological polar surface area (TPSA) is 3.24 Å². The van der Waals surface area contributed by atoms with E-state index in [1.807, 2.05) is 0 Å². The molecule has 1 aromatic carbocycles. The highest BCUT2D eigenvalue weighted by atomic mass is 79.9. The Labute approximate surface area is 120 Å². The van der Waals surface area contributed by atoms with Gasteiger partial charge in [0.1, 0.15) is 0 Å². The van der Waals surface area contributed by atoms with E-state index in [1.165, 1.54) is 54.5 Å². The van der Waals surface area contributed by atoms with Crippen LogP contribution in [0, 0.1) is 12.3 Å². The smallest absolute Gasteiger partial charge is 0.0397 e. The van der Waals surface area contributed by atoms with Crippen LogP contribution in [0.25, 0.3) is 0 Å². The second-order valence-electron chi connectivity index (χ2n) is 5.79. The zero-order valence-electron chi connectivity index (χ0n) is 11.8. The van der Waals surface area contributed by atoms with Gasteiger partial charge >= 0.3 is 0 Å². The van der Waals surface area contributed by atoms with E-state index >= 15 is 0 Å². The van der Waals surface area contributed by atoms with Crippen molar-refractivity contribution in [3.8, 4) is 0 Å². The summed E-state index contributed by atoms with van der Waals surface area (Å²) in [7, 11) is 0. The van der Waals surface area contributed by atoms with Gasteiger partial charge in [-0.25, -0.2) is 0 Å². The molecule has 0 N–H and O–H groups in total. The predicted octanol–water partition coefficient (Wildman–Crippen LogP) is 5.16. The molecule has 0 radical (unpaired) electrons. The number of aryl methyl sites for hydroxylation is 1. The first kappa shape index (κ1) is 13.9. The minimum Gasteiger partial charge on any atom is -0.370 e. The Morgan fingerprint density at radius 3 is 2.28 bits per heavy atom. The van der Waals surface area contributed by atoms with Crippen molar-refractivity contribution in [2.24, 2.45) is 5.41 Å². The van der Waals surface area contributed by atoms with E-state index in [-0.39, 0.29) is 0 Å². The third kappa shape index (κ3) is 2.74. The lowest BCUT2D eigenvalue weighted by molar-refractivity contribution is 0.173. The van der Waals surface area contributed by atoms with Gasteiger partial charge in [-0.05, 0) is 43.5 Å². The maximum absolute atomic E-state index is 3.54. The van der Waals surface area contributed by atoms with Crippen LogP contribution in [0.15, 0.2) is 22.7 Å². The number of hydrogen-bond donors (Lipinski definition) is 0. The average Bonchev–Trinajstić information content (AvgIpc) is 2.26. The minimum atomic E-state index is 0.600. The molecule has 0 atom stereocenters. The van der Waals surface area contributed by atoms with Crippen molar-refractivity contribution in [1.29, 1.82) is 0 Å². The largest absolute Gasteiger partial charge is 0.370 e. The predicted molar refractivity (Wildman–Crippen MR) is 83.3 cm³/mol. The molecule has 100 valence electrons. The number of halogens is 1. The highest BCUT2D eigenvalue weighted by Crippen LogP contribution is 2.42. The van der Waals surface area contributed by atoms with E-state index in [4.69, 9.17) is 0 Å². The van der Waals surface area contributed by atoms with Crippen LogP contribution in [-0.2, 0) is 0 Å². The molecule has 1 aromatic rings. The molecule has 2 heteroatoms. The van der Waals surface area contributed by atoms with Gasteiger partial charge in [0.25, 0.3) is 0 Å². The lowest BCUT2D eigenvalue weighted by Gasteiger charge is -2.52. The van der Waals surface area contributed by atoms with Crippen molar-refractivity contribution >= 4 is 21.6 Å². The maximum Gasteiger partial charge on any atom is 0.0397 e. The first-order valence-electron chi connectivity index (χ1n) is 7.11. The number of hydrogen-bond acceptors (Lipinski definition) is 1. The molecule has 2 rings (SSSR count). The van der Waals surface area contributed by atoms with Gasteiger partial charge in [-0.15, -0.1) is 0 Å². The number of anilines is 1. The lowest BCUT2D eigenvalue weighted by Crippen LogP contribution is -2.56. The van der Waals surface area contributed by atoms with Crippen LogP contribution in [0.5, 0.6) is 0 Å². The molecule has 0 spiro atoms. The second kappa shape index (κ2) is 5.64. The van der Waals surface area contributed by atoms with Gasteiger partial charge in [-0.3, -0.25) is 0 Å². The summed E-state index contributed by atoms with van der Waals surface area (Å²) in [6.07, 6.45) is 5.39. The molecular weight excluding hydrogens is 286 g/mol. The summed E-state index contributed by atoms with van der Waals surface area (Å²) in [6, 6.07) is 6.62. The average molecular weight is 310 g/mol. The van der Waals surface area contributed by atoms with Crippen LogP contribution in [0.1, 0.15) is 45.1 Å². The van der Waals surface area contributed by atoms with Crippen LogP contribution in [0.2, 0.25) is 0 Å². The Morgan fingerprint density at radius 1 is 1.17 bits per heavy atom. The van der Waals surface area contributed by atoms with Gasteiger partial charge < -0.3 is 4.90 Å². The van der Waals surface area contributed by atoms with Gasteiger partial charge in [0.15, 0.2) is 0 Å². The molecule has 0 amide bonds. The molecule has 1 heterocycles. The summed E-state index contributed by atoms with van der Waals surface area (Å²) < 4.78 is 1.18. The van der Waals surface area contributed by atoms with E-state index in [9.17, 15) is 0 Å². The van der Waals surface area contributed by atoms with Gasteiger partial charge in [0.05, 0.1) is 0 Å². The molecule has 1 fully saturated rings. The van der Waals surface area contributed by atoms with Crippen molar-refractivity contribution in [3.05, 3.63) is 28.2 Å². The van der Waals surface area contributed by atoms with E-state index in [0.717, 1.165) is 0 Å². The zero-order chi connectivity index (χ0) is 13.2. The highest BCUT2D eigenvalue weighted by Gasteiger charge is 2.41. The van der Waals surface area contributed by atoms with Crippen molar-refractivity contribution in [3.63, 3.8) is 0 Å².